The van der Waals surface area contributed by atoms with Crippen molar-refractivity contribution in [1.29, 1.82) is 0 Å². The Hall–Kier alpha value is -0.357. The summed E-state index contributed by atoms with van der Waals surface area (Å²) >= 11 is 1.55. The van der Waals surface area contributed by atoms with Gasteiger partial charge in [0.1, 0.15) is 0 Å². The van der Waals surface area contributed by atoms with Gasteiger partial charge in [-0.1, -0.05) is 0 Å². The predicted octanol–water partition coefficient (Wildman–Crippen LogP) is -1.30. The van der Waals surface area contributed by atoms with Crippen molar-refractivity contribution in [1.82, 2.24) is 0 Å². The molecule has 3 heteroatoms. The second-order valence-corrected chi connectivity index (χ2v) is 6.26. The first-order valence-corrected chi connectivity index (χ1v) is 7.54. The molecule has 1 unspecified atom stereocenters. The van der Waals surface area contributed by atoms with Crippen molar-refractivity contribution in [3.8, 4) is 0 Å². The van der Waals surface area contributed by atoms with E-state index in [4.69, 9.17) is 0 Å². The second-order valence-electron chi connectivity index (χ2n) is 4.93. The van der Waals surface area contributed by atoms with Gasteiger partial charge in [-0.25, -0.2) is 0 Å². The van der Waals surface area contributed by atoms with Gasteiger partial charge in [0.2, 0.25) is 0 Å². The zero-order valence-electron chi connectivity index (χ0n) is 11.5. The summed E-state index contributed by atoms with van der Waals surface area (Å²) in [5.74, 6) is 0.608. The molecule has 0 fully saturated rings. The molecule has 3 rings (SSSR count). The molecule has 0 saturated carbocycles. The minimum absolute atomic E-state index is 0. The molecule has 0 bridgehead atoms. The summed E-state index contributed by atoms with van der Waals surface area (Å²) in [7, 11) is 0. The van der Waals surface area contributed by atoms with Crippen LogP contribution in [0.1, 0.15) is 19.4 Å². The molecule has 0 aromatic heterocycles. The third kappa shape index (κ3) is 2.96. The van der Waals surface area contributed by atoms with Crippen LogP contribution in [0.5, 0.6) is 0 Å². The molecule has 1 aliphatic carbocycles. The molecule has 0 nitrogen and oxygen atoms in total. The zero-order valence-corrected chi connectivity index (χ0v) is 15.4. The fraction of sp³-hybridized carbons (Fsp3) is 0.176. The summed E-state index contributed by atoms with van der Waals surface area (Å²) in [6.07, 6.45) is 2.42. The molecule has 0 aliphatic heterocycles. The molecule has 20 heavy (non-hydrogen) atoms. The standard InChI is InChI=1S/C17H15.2ClH.Zr/c1-12-10-13(2)17(11-12)16-9-5-7-14-6-3-4-8-15(14)16;;;/h3-9,11-12H,1-2H3;2*1H;/q;;;+2/p-2. The number of hydrogen-bond donors (Lipinski definition) is 0. The number of rotatable bonds is 1. The van der Waals surface area contributed by atoms with Gasteiger partial charge < -0.3 is 24.8 Å². The second kappa shape index (κ2) is 7.07. The maximum atomic E-state index is 2.42. The minimum atomic E-state index is 0. The molecule has 0 heterocycles. The normalized spacial score (nSPS) is 17.6. The Balaban J connectivity index is 0.000001000. The average molecular weight is 381 g/mol. The summed E-state index contributed by atoms with van der Waals surface area (Å²) < 4.78 is 1.59. The molecular weight excluding hydrogens is 366 g/mol. The Bertz CT molecular complexity index is 681. The summed E-state index contributed by atoms with van der Waals surface area (Å²) in [6, 6.07) is 15.3. The van der Waals surface area contributed by atoms with E-state index >= 15 is 0 Å². The first-order valence-electron chi connectivity index (χ1n) is 6.31. The zero-order chi connectivity index (χ0) is 12.7. The first kappa shape index (κ1) is 17.7. The fourth-order valence-electron chi connectivity index (χ4n) is 2.70. The van der Waals surface area contributed by atoms with Crippen molar-refractivity contribution in [2.45, 2.75) is 13.8 Å². The van der Waals surface area contributed by atoms with Crippen LogP contribution in [0.15, 0.2) is 57.4 Å². The number of benzene rings is 2. The van der Waals surface area contributed by atoms with Crippen LogP contribution in [0.25, 0.3) is 16.3 Å². The maximum absolute atomic E-state index is 2.42. The SMILES string of the molecule is CC1=[C]([Zr+2])C(C)C=C1c1cccc2ccccc12.[Cl-].[Cl-]. The van der Waals surface area contributed by atoms with Gasteiger partial charge in [0.25, 0.3) is 0 Å². The van der Waals surface area contributed by atoms with Crippen molar-refractivity contribution >= 4 is 16.3 Å². The first-order chi connectivity index (χ1) is 8.68. The molecule has 2 aromatic rings. The van der Waals surface area contributed by atoms with Gasteiger partial charge in [-0.05, 0) is 0 Å². The summed E-state index contributed by atoms with van der Waals surface area (Å²) in [6.45, 7) is 4.56. The number of halogens is 2. The van der Waals surface area contributed by atoms with Gasteiger partial charge in [-0.2, -0.15) is 0 Å². The number of allylic oxidation sites excluding steroid dienone is 4. The van der Waals surface area contributed by atoms with Crippen LogP contribution in [0, 0.1) is 5.92 Å². The van der Waals surface area contributed by atoms with Crippen LogP contribution in [0.4, 0.5) is 0 Å². The number of fused-ring (bicyclic) bond motifs is 1. The van der Waals surface area contributed by atoms with Crippen LogP contribution in [0.3, 0.4) is 0 Å². The van der Waals surface area contributed by atoms with Crippen LogP contribution in [0.2, 0.25) is 0 Å². The number of hydrogen-bond acceptors (Lipinski definition) is 0. The van der Waals surface area contributed by atoms with Gasteiger partial charge in [-0.15, -0.1) is 0 Å². The molecule has 0 amide bonds. The smallest absolute Gasteiger partial charge is 1.00 e. The molecule has 0 radical (unpaired) electrons. The van der Waals surface area contributed by atoms with Crippen LogP contribution < -0.4 is 24.8 Å². The Kier molecular flexibility index (Phi) is 6.26. The van der Waals surface area contributed by atoms with Crippen LogP contribution >= 0.6 is 0 Å². The van der Waals surface area contributed by atoms with E-state index in [2.05, 4.69) is 62.4 Å². The van der Waals surface area contributed by atoms with E-state index in [0.29, 0.717) is 5.92 Å². The molecule has 1 aliphatic rings. The van der Waals surface area contributed by atoms with Gasteiger partial charge in [0.05, 0.1) is 0 Å². The van der Waals surface area contributed by atoms with Gasteiger partial charge in [0, 0.05) is 0 Å². The Morgan fingerprint density at radius 3 is 2.25 bits per heavy atom. The Morgan fingerprint density at radius 1 is 0.950 bits per heavy atom. The van der Waals surface area contributed by atoms with Gasteiger partial charge in [0.15, 0.2) is 0 Å². The van der Waals surface area contributed by atoms with Gasteiger partial charge >= 0.3 is 124 Å². The van der Waals surface area contributed by atoms with E-state index in [0.717, 1.165) is 0 Å². The molecular formula is C17H15Cl2Zr. The van der Waals surface area contributed by atoms with E-state index in [1.54, 1.807) is 28.0 Å². The maximum Gasteiger partial charge on any atom is -1.00 e. The topological polar surface area (TPSA) is 0 Å². The van der Waals surface area contributed by atoms with Crippen molar-refractivity contribution in [3.63, 3.8) is 0 Å². The van der Waals surface area contributed by atoms with E-state index in [-0.39, 0.29) is 24.8 Å². The molecule has 0 spiro atoms. The van der Waals surface area contributed by atoms with Crippen LogP contribution in [-0.4, -0.2) is 0 Å². The Labute approximate surface area is 148 Å². The average Bonchev–Trinajstić information content (AvgIpc) is 2.66. The fourth-order valence-corrected chi connectivity index (χ4v) is 3.23. The predicted molar refractivity (Wildman–Crippen MR) is 73.8 cm³/mol. The van der Waals surface area contributed by atoms with Crippen molar-refractivity contribution in [2.75, 3.05) is 0 Å². The summed E-state index contributed by atoms with van der Waals surface area (Å²) in [5, 5.41) is 2.69. The van der Waals surface area contributed by atoms with E-state index in [1.165, 1.54) is 27.5 Å². The molecule has 0 N–H and O–H groups in total. The molecule has 0 saturated heterocycles. The van der Waals surface area contributed by atoms with E-state index < -0.39 is 0 Å². The minimum Gasteiger partial charge on any atom is -1.00 e. The van der Waals surface area contributed by atoms with E-state index in [9.17, 15) is 0 Å². The molecule has 101 valence electrons. The Morgan fingerprint density at radius 2 is 1.60 bits per heavy atom. The largest absolute Gasteiger partial charge is 1.00 e. The monoisotopic (exact) mass is 379 g/mol. The summed E-state index contributed by atoms with van der Waals surface area (Å²) in [5.41, 5.74) is 4.30. The quantitative estimate of drug-likeness (QED) is 0.576. The van der Waals surface area contributed by atoms with Crippen molar-refractivity contribution in [3.05, 3.63) is 63.0 Å². The molecule has 2 aromatic carbocycles. The summed E-state index contributed by atoms with van der Waals surface area (Å²) in [4.78, 5) is 0. The van der Waals surface area contributed by atoms with Crippen molar-refractivity contribution in [2.24, 2.45) is 5.92 Å². The third-order valence-electron chi connectivity index (χ3n) is 3.76. The van der Waals surface area contributed by atoms with E-state index in [1.807, 2.05) is 0 Å². The van der Waals surface area contributed by atoms with Crippen LogP contribution in [-0.2, 0) is 24.7 Å². The third-order valence-corrected chi connectivity index (χ3v) is 5.80. The van der Waals surface area contributed by atoms with Gasteiger partial charge in [-0.3, -0.25) is 0 Å². The van der Waals surface area contributed by atoms with Crippen molar-refractivity contribution < 1.29 is 49.5 Å². The molecule has 1 atom stereocenters.